The summed E-state index contributed by atoms with van der Waals surface area (Å²) in [5.74, 6) is -0.137. The molecule has 15 heavy (non-hydrogen) atoms. The maximum absolute atomic E-state index is 9.02. The first-order chi connectivity index (χ1) is 7.31. The molecule has 0 fully saturated rings. The maximum atomic E-state index is 9.02. The minimum atomic E-state index is -0.137. The van der Waals surface area contributed by atoms with E-state index in [1.165, 1.54) is 0 Å². The molecule has 1 aromatic rings. The fraction of sp³-hybridized carbons (Fsp3) is 0.167. The second kappa shape index (κ2) is 4.29. The lowest BCUT2D eigenvalue weighted by Gasteiger charge is -2.15. The number of rotatable bonds is 1. The molecule has 1 aromatic heterocycles. The Hall–Kier alpha value is -1.59. The number of nitrogens with zero attached hydrogens (tertiary/aromatic N) is 2. The normalized spacial score (nSPS) is 20.1. The molecule has 0 amide bonds. The van der Waals surface area contributed by atoms with Gasteiger partial charge in [-0.2, -0.15) is 5.26 Å². The predicted octanol–water partition coefficient (Wildman–Crippen LogP) is 3.13. The summed E-state index contributed by atoms with van der Waals surface area (Å²) < 4.78 is 0. The van der Waals surface area contributed by atoms with Gasteiger partial charge in [-0.05, 0) is 30.2 Å². The van der Waals surface area contributed by atoms with Crippen LogP contribution in [-0.4, -0.2) is 4.98 Å². The van der Waals surface area contributed by atoms with Crippen molar-refractivity contribution in [2.24, 2.45) is 5.92 Å². The Bertz CT molecular complexity index is 454. The molecule has 0 aromatic carbocycles. The van der Waals surface area contributed by atoms with Crippen LogP contribution >= 0.6 is 11.6 Å². The number of hydrogen-bond acceptors (Lipinski definition) is 2. The van der Waals surface area contributed by atoms with Gasteiger partial charge < -0.3 is 0 Å². The highest BCUT2D eigenvalue weighted by atomic mass is 35.5. The SMILES string of the molecule is N#CC1CC=C(Cl)C=C1c1ccccn1. The molecule has 0 saturated heterocycles. The first kappa shape index (κ1) is 9.95. The summed E-state index contributed by atoms with van der Waals surface area (Å²) in [6.45, 7) is 0. The molecule has 1 aliphatic carbocycles. The molecule has 0 bridgehead atoms. The van der Waals surface area contributed by atoms with E-state index in [2.05, 4.69) is 11.1 Å². The molecule has 0 N–H and O–H groups in total. The van der Waals surface area contributed by atoms with Crippen molar-refractivity contribution in [3.8, 4) is 6.07 Å². The Labute approximate surface area is 93.5 Å². The van der Waals surface area contributed by atoms with Crippen molar-refractivity contribution in [1.82, 2.24) is 4.98 Å². The van der Waals surface area contributed by atoms with E-state index in [0.717, 1.165) is 11.3 Å². The highest BCUT2D eigenvalue weighted by Gasteiger charge is 2.19. The summed E-state index contributed by atoms with van der Waals surface area (Å²) in [4.78, 5) is 4.23. The van der Waals surface area contributed by atoms with Crippen molar-refractivity contribution in [3.05, 3.63) is 47.3 Å². The minimum absolute atomic E-state index is 0.137. The van der Waals surface area contributed by atoms with Gasteiger partial charge in [-0.3, -0.25) is 4.98 Å². The quantitative estimate of drug-likeness (QED) is 0.723. The zero-order chi connectivity index (χ0) is 10.7. The monoisotopic (exact) mass is 216 g/mol. The number of allylic oxidation sites excluding steroid dienone is 4. The number of hydrogen-bond donors (Lipinski definition) is 0. The standard InChI is InChI=1S/C12H9ClN2/c13-10-5-4-9(8-14)11(7-10)12-3-1-2-6-15-12/h1-3,5-7,9H,4H2. The molecular weight excluding hydrogens is 208 g/mol. The summed E-state index contributed by atoms with van der Waals surface area (Å²) in [7, 11) is 0. The molecule has 1 heterocycles. The second-order valence-corrected chi connectivity index (χ2v) is 3.76. The van der Waals surface area contributed by atoms with Crippen LogP contribution in [0.5, 0.6) is 0 Å². The maximum Gasteiger partial charge on any atom is 0.0769 e. The van der Waals surface area contributed by atoms with E-state index in [1.807, 2.05) is 30.4 Å². The lowest BCUT2D eigenvalue weighted by Crippen LogP contribution is -2.05. The predicted molar refractivity (Wildman–Crippen MR) is 59.9 cm³/mol. The fourth-order valence-corrected chi connectivity index (χ4v) is 1.78. The van der Waals surface area contributed by atoms with Gasteiger partial charge in [-0.1, -0.05) is 23.7 Å². The van der Waals surface area contributed by atoms with E-state index in [4.69, 9.17) is 16.9 Å². The van der Waals surface area contributed by atoms with Crippen molar-refractivity contribution < 1.29 is 0 Å². The van der Waals surface area contributed by atoms with Crippen LogP contribution in [0.4, 0.5) is 0 Å². The molecule has 0 aliphatic heterocycles. The van der Waals surface area contributed by atoms with Crippen LogP contribution in [0.25, 0.3) is 5.57 Å². The van der Waals surface area contributed by atoms with Gasteiger partial charge in [-0.15, -0.1) is 0 Å². The number of pyridine rings is 1. The Morgan fingerprint density at radius 2 is 2.33 bits per heavy atom. The largest absolute Gasteiger partial charge is 0.257 e. The van der Waals surface area contributed by atoms with Gasteiger partial charge in [0.05, 0.1) is 17.7 Å². The van der Waals surface area contributed by atoms with Crippen LogP contribution in [-0.2, 0) is 0 Å². The van der Waals surface area contributed by atoms with E-state index in [9.17, 15) is 0 Å². The topological polar surface area (TPSA) is 36.7 Å². The first-order valence-corrected chi connectivity index (χ1v) is 5.07. The van der Waals surface area contributed by atoms with Gasteiger partial charge in [0, 0.05) is 11.2 Å². The molecule has 0 spiro atoms. The van der Waals surface area contributed by atoms with Crippen molar-refractivity contribution in [2.45, 2.75) is 6.42 Å². The fourth-order valence-electron chi connectivity index (χ4n) is 1.57. The Balaban J connectivity index is 2.42. The van der Waals surface area contributed by atoms with Gasteiger partial charge in [0.2, 0.25) is 0 Å². The summed E-state index contributed by atoms with van der Waals surface area (Å²) in [6.07, 6.45) is 6.07. The van der Waals surface area contributed by atoms with Gasteiger partial charge in [0.15, 0.2) is 0 Å². The summed E-state index contributed by atoms with van der Waals surface area (Å²) in [5, 5.41) is 9.70. The second-order valence-electron chi connectivity index (χ2n) is 3.32. The smallest absolute Gasteiger partial charge is 0.0769 e. The molecule has 1 atom stereocenters. The van der Waals surface area contributed by atoms with E-state index in [1.54, 1.807) is 6.20 Å². The average molecular weight is 217 g/mol. The van der Waals surface area contributed by atoms with Gasteiger partial charge in [-0.25, -0.2) is 0 Å². The molecule has 0 radical (unpaired) electrons. The van der Waals surface area contributed by atoms with E-state index in [-0.39, 0.29) is 5.92 Å². The van der Waals surface area contributed by atoms with Gasteiger partial charge in [0.1, 0.15) is 0 Å². The average Bonchev–Trinajstić information content (AvgIpc) is 2.30. The zero-order valence-electron chi connectivity index (χ0n) is 8.02. The molecule has 2 nitrogen and oxygen atoms in total. The molecule has 0 saturated carbocycles. The number of nitriles is 1. The molecule has 2 rings (SSSR count). The van der Waals surface area contributed by atoms with Crippen molar-refractivity contribution in [3.63, 3.8) is 0 Å². The third-order valence-electron chi connectivity index (χ3n) is 2.33. The number of aromatic nitrogens is 1. The number of halogens is 1. The van der Waals surface area contributed by atoms with Crippen LogP contribution in [0.15, 0.2) is 41.6 Å². The third-order valence-corrected chi connectivity index (χ3v) is 2.60. The molecule has 1 aliphatic rings. The molecule has 74 valence electrons. The van der Waals surface area contributed by atoms with E-state index < -0.39 is 0 Å². The molecule has 1 unspecified atom stereocenters. The van der Waals surface area contributed by atoms with E-state index >= 15 is 0 Å². The Morgan fingerprint density at radius 1 is 1.47 bits per heavy atom. The van der Waals surface area contributed by atoms with Gasteiger partial charge in [0.25, 0.3) is 0 Å². The highest BCUT2D eigenvalue weighted by Crippen LogP contribution is 2.31. The van der Waals surface area contributed by atoms with Gasteiger partial charge >= 0.3 is 0 Å². The van der Waals surface area contributed by atoms with Crippen LogP contribution in [0, 0.1) is 17.2 Å². The summed E-state index contributed by atoms with van der Waals surface area (Å²) >= 11 is 5.93. The van der Waals surface area contributed by atoms with Crippen molar-refractivity contribution >= 4 is 17.2 Å². The van der Waals surface area contributed by atoms with Crippen LogP contribution in [0.1, 0.15) is 12.1 Å². The third kappa shape index (κ3) is 2.08. The highest BCUT2D eigenvalue weighted by molar-refractivity contribution is 6.31. The lowest BCUT2D eigenvalue weighted by atomic mass is 9.90. The van der Waals surface area contributed by atoms with Crippen molar-refractivity contribution in [1.29, 1.82) is 5.26 Å². The minimum Gasteiger partial charge on any atom is -0.257 e. The molecular formula is C12H9ClN2. The van der Waals surface area contributed by atoms with Crippen LogP contribution in [0.2, 0.25) is 0 Å². The summed E-state index contributed by atoms with van der Waals surface area (Å²) in [6, 6.07) is 7.92. The zero-order valence-corrected chi connectivity index (χ0v) is 8.78. The Kier molecular flexibility index (Phi) is 2.84. The Morgan fingerprint density at radius 3 is 3.00 bits per heavy atom. The molecule has 3 heteroatoms. The first-order valence-electron chi connectivity index (χ1n) is 4.69. The van der Waals surface area contributed by atoms with Crippen molar-refractivity contribution in [2.75, 3.05) is 0 Å². The summed E-state index contributed by atoms with van der Waals surface area (Å²) in [5.41, 5.74) is 1.74. The van der Waals surface area contributed by atoms with Crippen LogP contribution < -0.4 is 0 Å². The van der Waals surface area contributed by atoms with E-state index in [0.29, 0.717) is 11.5 Å². The lowest BCUT2D eigenvalue weighted by molar-refractivity contribution is 0.850. The van der Waals surface area contributed by atoms with Crippen LogP contribution in [0.3, 0.4) is 0 Å².